The standard InChI is InChI=1S/C20H26N2O3S2/c1-20(2,3)25-19(24)21-10-4-7-17(23)22-11-8-15-14(9-13-27-15)18(22)16-6-5-12-26-16/h5-6,9,12-13,18H,4,7-8,10-11H2,1-3H3,(H,21,24)/t18-/m1/s1. The molecule has 0 bridgehead atoms. The Morgan fingerprint density at radius 1 is 1.26 bits per heavy atom. The van der Waals surface area contributed by atoms with E-state index in [1.807, 2.05) is 31.7 Å². The van der Waals surface area contributed by atoms with Gasteiger partial charge in [0.2, 0.25) is 5.91 Å². The van der Waals surface area contributed by atoms with Gasteiger partial charge in [0.1, 0.15) is 5.60 Å². The monoisotopic (exact) mass is 406 g/mol. The summed E-state index contributed by atoms with van der Waals surface area (Å²) in [7, 11) is 0. The van der Waals surface area contributed by atoms with Crippen molar-refractivity contribution in [2.24, 2.45) is 0 Å². The third-order valence-corrected chi connectivity index (χ3v) is 6.26. The fraction of sp³-hybridized carbons (Fsp3) is 0.500. The number of fused-ring (bicyclic) bond motifs is 1. The number of rotatable bonds is 5. The lowest BCUT2D eigenvalue weighted by Gasteiger charge is -2.35. The molecule has 2 aromatic heterocycles. The number of alkyl carbamates (subject to hydrolysis) is 1. The van der Waals surface area contributed by atoms with E-state index < -0.39 is 11.7 Å². The summed E-state index contributed by atoms with van der Waals surface area (Å²) in [5.41, 5.74) is 0.744. The normalized spacial score (nSPS) is 16.7. The molecule has 0 unspecified atom stereocenters. The molecule has 0 spiro atoms. The lowest BCUT2D eigenvalue weighted by Crippen LogP contribution is -2.40. The number of ether oxygens (including phenoxy) is 1. The first-order valence-corrected chi connectivity index (χ1v) is 11.0. The van der Waals surface area contributed by atoms with E-state index in [1.54, 1.807) is 22.7 Å². The number of carbonyl (C=O) groups excluding carboxylic acids is 2. The summed E-state index contributed by atoms with van der Waals surface area (Å²) in [6, 6.07) is 6.31. The smallest absolute Gasteiger partial charge is 0.407 e. The quantitative estimate of drug-likeness (QED) is 0.739. The molecule has 5 nitrogen and oxygen atoms in total. The maximum atomic E-state index is 12.9. The minimum absolute atomic E-state index is 0.0197. The van der Waals surface area contributed by atoms with Crippen LogP contribution in [0.5, 0.6) is 0 Å². The van der Waals surface area contributed by atoms with E-state index in [0.29, 0.717) is 19.4 Å². The Bertz CT molecular complexity index is 778. The van der Waals surface area contributed by atoms with Gasteiger partial charge in [-0.2, -0.15) is 0 Å². The van der Waals surface area contributed by atoms with Gasteiger partial charge in [0.15, 0.2) is 0 Å². The molecule has 0 aliphatic carbocycles. The van der Waals surface area contributed by atoms with Crippen LogP contribution in [0.25, 0.3) is 0 Å². The van der Waals surface area contributed by atoms with Crippen LogP contribution in [0.3, 0.4) is 0 Å². The van der Waals surface area contributed by atoms with Crippen LogP contribution in [-0.2, 0) is 16.0 Å². The van der Waals surface area contributed by atoms with Crippen LogP contribution in [0.15, 0.2) is 29.0 Å². The Hall–Kier alpha value is -1.86. The Kier molecular flexibility index (Phi) is 6.22. The van der Waals surface area contributed by atoms with E-state index in [9.17, 15) is 9.59 Å². The van der Waals surface area contributed by atoms with E-state index in [2.05, 4.69) is 28.2 Å². The van der Waals surface area contributed by atoms with Crippen LogP contribution >= 0.6 is 22.7 Å². The van der Waals surface area contributed by atoms with Gasteiger partial charge >= 0.3 is 6.09 Å². The van der Waals surface area contributed by atoms with Crippen molar-refractivity contribution in [1.82, 2.24) is 10.2 Å². The van der Waals surface area contributed by atoms with Gasteiger partial charge in [-0.05, 0) is 62.1 Å². The highest BCUT2D eigenvalue weighted by atomic mass is 32.1. The van der Waals surface area contributed by atoms with Crippen LogP contribution in [0, 0.1) is 0 Å². The van der Waals surface area contributed by atoms with Gasteiger partial charge < -0.3 is 15.0 Å². The Morgan fingerprint density at radius 2 is 2.07 bits per heavy atom. The Balaban J connectivity index is 1.57. The second-order valence-corrected chi connectivity index (χ2v) is 9.57. The highest BCUT2D eigenvalue weighted by Gasteiger charge is 2.33. The van der Waals surface area contributed by atoms with Crippen LogP contribution in [-0.4, -0.2) is 35.6 Å². The zero-order chi connectivity index (χ0) is 19.4. The minimum atomic E-state index is -0.514. The second kappa shape index (κ2) is 8.44. The number of nitrogens with zero attached hydrogens (tertiary/aromatic N) is 1. The summed E-state index contributed by atoms with van der Waals surface area (Å²) < 4.78 is 5.21. The van der Waals surface area contributed by atoms with Crippen molar-refractivity contribution in [2.45, 2.75) is 51.7 Å². The average Bonchev–Trinajstić information content (AvgIpc) is 3.27. The predicted octanol–water partition coefficient (Wildman–Crippen LogP) is 4.59. The Morgan fingerprint density at radius 3 is 2.78 bits per heavy atom. The fourth-order valence-electron chi connectivity index (χ4n) is 3.23. The van der Waals surface area contributed by atoms with Crippen molar-refractivity contribution in [3.63, 3.8) is 0 Å². The maximum Gasteiger partial charge on any atom is 0.407 e. The molecule has 0 radical (unpaired) electrons. The molecule has 1 atom stereocenters. The summed E-state index contributed by atoms with van der Waals surface area (Å²) in [5, 5.41) is 6.89. The number of hydrogen-bond donors (Lipinski definition) is 1. The molecule has 146 valence electrons. The van der Waals surface area contributed by atoms with E-state index in [1.165, 1.54) is 15.3 Å². The highest BCUT2D eigenvalue weighted by molar-refractivity contribution is 7.10. The predicted molar refractivity (Wildman–Crippen MR) is 109 cm³/mol. The molecular weight excluding hydrogens is 380 g/mol. The lowest BCUT2D eigenvalue weighted by atomic mass is 9.98. The molecule has 0 saturated carbocycles. The number of amides is 2. The van der Waals surface area contributed by atoms with Crippen LogP contribution < -0.4 is 5.32 Å². The van der Waals surface area contributed by atoms with Crippen molar-refractivity contribution in [2.75, 3.05) is 13.1 Å². The third kappa shape index (κ3) is 5.11. The summed E-state index contributed by atoms with van der Waals surface area (Å²) in [5.74, 6) is 0.135. The van der Waals surface area contributed by atoms with E-state index in [0.717, 1.165) is 13.0 Å². The molecule has 2 aromatic rings. The van der Waals surface area contributed by atoms with Gasteiger partial charge in [-0.15, -0.1) is 22.7 Å². The Labute approximate surface area is 168 Å². The van der Waals surface area contributed by atoms with Gasteiger partial charge in [-0.25, -0.2) is 4.79 Å². The summed E-state index contributed by atoms with van der Waals surface area (Å²) in [6.45, 7) is 6.66. The molecule has 3 heterocycles. The second-order valence-electron chi connectivity index (χ2n) is 7.59. The SMILES string of the molecule is CC(C)(C)OC(=O)NCCCC(=O)N1CCc2sccc2[C@@H]1c1cccs1. The largest absolute Gasteiger partial charge is 0.444 e. The molecule has 0 aromatic carbocycles. The zero-order valence-corrected chi connectivity index (χ0v) is 17.6. The van der Waals surface area contributed by atoms with Crippen LogP contribution in [0.4, 0.5) is 4.79 Å². The summed E-state index contributed by atoms with van der Waals surface area (Å²) in [6.07, 6.45) is 1.49. The lowest BCUT2D eigenvalue weighted by molar-refractivity contribution is -0.133. The summed E-state index contributed by atoms with van der Waals surface area (Å²) >= 11 is 3.47. The average molecular weight is 407 g/mol. The highest BCUT2D eigenvalue weighted by Crippen LogP contribution is 2.39. The van der Waals surface area contributed by atoms with Crippen molar-refractivity contribution in [3.05, 3.63) is 44.3 Å². The van der Waals surface area contributed by atoms with E-state index >= 15 is 0 Å². The van der Waals surface area contributed by atoms with Crippen molar-refractivity contribution >= 4 is 34.7 Å². The third-order valence-electron chi connectivity index (χ3n) is 4.33. The first kappa shape index (κ1) is 19.9. The topological polar surface area (TPSA) is 58.6 Å². The zero-order valence-electron chi connectivity index (χ0n) is 16.0. The minimum Gasteiger partial charge on any atom is -0.444 e. The van der Waals surface area contributed by atoms with Gasteiger partial charge in [0, 0.05) is 29.3 Å². The van der Waals surface area contributed by atoms with Gasteiger partial charge in [-0.1, -0.05) is 6.07 Å². The number of nitrogens with one attached hydrogen (secondary N) is 1. The number of thiophene rings is 2. The molecule has 27 heavy (non-hydrogen) atoms. The molecule has 0 fully saturated rings. The molecule has 0 saturated heterocycles. The van der Waals surface area contributed by atoms with Gasteiger partial charge in [0.05, 0.1) is 6.04 Å². The molecular formula is C20H26N2O3S2. The molecule has 3 rings (SSSR count). The number of carbonyl (C=O) groups is 2. The van der Waals surface area contributed by atoms with Gasteiger partial charge in [-0.3, -0.25) is 4.79 Å². The van der Waals surface area contributed by atoms with Crippen molar-refractivity contribution in [1.29, 1.82) is 0 Å². The van der Waals surface area contributed by atoms with Crippen LogP contribution in [0.2, 0.25) is 0 Å². The molecule has 1 aliphatic heterocycles. The maximum absolute atomic E-state index is 12.9. The van der Waals surface area contributed by atoms with E-state index in [-0.39, 0.29) is 11.9 Å². The molecule has 1 aliphatic rings. The van der Waals surface area contributed by atoms with Gasteiger partial charge in [0.25, 0.3) is 0 Å². The fourth-order valence-corrected chi connectivity index (χ4v) is 4.98. The van der Waals surface area contributed by atoms with E-state index in [4.69, 9.17) is 4.74 Å². The number of hydrogen-bond acceptors (Lipinski definition) is 5. The first-order chi connectivity index (χ1) is 12.8. The van der Waals surface area contributed by atoms with Crippen molar-refractivity contribution in [3.8, 4) is 0 Å². The first-order valence-electron chi connectivity index (χ1n) is 9.21. The molecule has 7 heteroatoms. The molecule has 1 N–H and O–H groups in total. The molecule has 2 amide bonds. The van der Waals surface area contributed by atoms with Crippen LogP contribution in [0.1, 0.15) is 55.0 Å². The summed E-state index contributed by atoms with van der Waals surface area (Å²) in [4.78, 5) is 29.2. The van der Waals surface area contributed by atoms with Crippen molar-refractivity contribution < 1.29 is 14.3 Å².